The maximum atomic E-state index is 11.1. The molecule has 0 spiro atoms. The molecule has 0 fully saturated rings. The van der Waals surface area contributed by atoms with E-state index in [1.807, 2.05) is 19.9 Å². The maximum Gasteiger partial charge on any atom is 0.294 e. The SMILES string of the molecule is CCc1cc(C)c(S(=O)(=O)O)cc1CC. The van der Waals surface area contributed by atoms with Crippen LogP contribution in [0.4, 0.5) is 0 Å². The molecule has 1 aromatic rings. The number of aryl methyl sites for hydroxylation is 3. The lowest BCUT2D eigenvalue weighted by Gasteiger charge is -2.10. The second kappa shape index (κ2) is 4.33. The Hall–Kier alpha value is -0.870. The minimum Gasteiger partial charge on any atom is -0.282 e. The van der Waals surface area contributed by atoms with Crippen LogP contribution in [-0.4, -0.2) is 13.0 Å². The van der Waals surface area contributed by atoms with Gasteiger partial charge in [0.1, 0.15) is 0 Å². The van der Waals surface area contributed by atoms with Gasteiger partial charge in [-0.1, -0.05) is 19.9 Å². The quantitative estimate of drug-likeness (QED) is 0.808. The number of rotatable bonds is 3. The highest BCUT2D eigenvalue weighted by molar-refractivity contribution is 7.85. The van der Waals surface area contributed by atoms with Crippen molar-refractivity contribution < 1.29 is 13.0 Å². The molecular weight excluding hydrogens is 212 g/mol. The van der Waals surface area contributed by atoms with Crippen molar-refractivity contribution in [2.24, 2.45) is 0 Å². The zero-order valence-corrected chi connectivity index (χ0v) is 10.1. The van der Waals surface area contributed by atoms with Crippen molar-refractivity contribution in [2.45, 2.75) is 38.5 Å². The molecular formula is C11H16O3S. The Morgan fingerprint density at radius 3 is 2.00 bits per heavy atom. The summed E-state index contributed by atoms with van der Waals surface area (Å²) in [6.07, 6.45) is 1.64. The Labute approximate surface area is 90.9 Å². The van der Waals surface area contributed by atoms with Crippen LogP contribution in [0.1, 0.15) is 30.5 Å². The summed E-state index contributed by atoms with van der Waals surface area (Å²) in [4.78, 5) is 0.0246. The van der Waals surface area contributed by atoms with Gasteiger partial charge >= 0.3 is 0 Å². The summed E-state index contributed by atoms with van der Waals surface area (Å²) >= 11 is 0. The van der Waals surface area contributed by atoms with Crippen molar-refractivity contribution in [1.82, 2.24) is 0 Å². The maximum absolute atomic E-state index is 11.1. The molecule has 1 N–H and O–H groups in total. The third-order valence-electron chi connectivity index (χ3n) is 2.54. The molecule has 4 heteroatoms. The molecule has 1 aromatic carbocycles. The van der Waals surface area contributed by atoms with E-state index in [4.69, 9.17) is 4.55 Å². The van der Waals surface area contributed by atoms with Crippen molar-refractivity contribution >= 4 is 10.1 Å². The standard InChI is InChI=1S/C11H16O3S/c1-4-9-6-8(3)11(15(12,13)14)7-10(9)5-2/h6-7H,4-5H2,1-3H3,(H,12,13,14). The van der Waals surface area contributed by atoms with Crippen LogP contribution in [0.3, 0.4) is 0 Å². The third-order valence-corrected chi connectivity index (χ3v) is 3.53. The van der Waals surface area contributed by atoms with Crippen molar-refractivity contribution in [3.05, 3.63) is 28.8 Å². The Morgan fingerprint density at radius 2 is 1.60 bits per heavy atom. The summed E-state index contributed by atoms with van der Waals surface area (Å²) in [5.74, 6) is 0. The van der Waals surface area contributed by atoms with Gasteiger partial charge in [0, 0.05) is 0 Å². The fourth-order valence-corrected chi connectivity index (χ4v) is 2.48. The van der Waals surface area contributed by atoms with Crippen LogP contribution in [0.25, 0.3) is 0 Å². The first-order valence-corrected chi connectivity index (χ1v) is 6.44. The lowest BCUT2D eigenvalue weighted by molar-refractivity contribution is 0.482. The van der Waals surface area contributed by atoms with E-state index in [1.165, 1.54) is 0 Å². The minimum atomic E-state index is -4.09. The second-order valence-corrected chi connectivity index (χ2v) is 4.96. The lowest BCUT2D eigenvalue weighted by atomic mass is 10.0. The van der Waals surface area contributed by atoms with Gasteiger partial charge in [-0.3, -0.25) is 4.55 Å². The molecule has 0 bridgehead atoms. The van der Waals surface area contributed by atoms with E-state index >= 15 is 0 Å². The molecule has 0 atom stereocenters. The highest BCUT2D eigenvalue weighted by atomic mass is 32.2. The summed E-state index contributed by atoms with van der Waals surface area (Å²) in [6, 6.07) is 3.41. The summed E-state index contributed by atoms with van der Waals surface area (Å²) in [6.45, 7) is 5.69. The second-order valence-electron chi connectivity index (χ2n) is 3.57. The van der Waals surface area contributed by atoms with Crippen LogP contribution in [0.2, 0.25) is 0 Å². The van der Waals surface area contributed by atoms with Crippen LogP contribution < -0.4 is 0 Å². The van der Waals surface area contributed by atoms with Crippen LogP contribution in [0, 0.1) is 6.92 Å². The average molecular weight is 228 g/mol. The van der Waals surface area contributed by atoms with Crippen LogP contribution in [0.15, 0.2) is 17.0 Å². The molecule has 0 saturated heterocycles. The van der Waals surface area contributed by atoms with Gasteiger partial charge in [0.25, 0.3) is 10.1 Å². The summed E-state index contributed by atoms with van der Waals surface area (Å²) in [7, 11) is -4.09. The Bertz CT molecular complexity index is 461. The van der Waals surface area contributed by atoms with Crippen molar-refractivity contribution in [3.63, 3.8) is 0 Å². The van der Waals surface area contributed by atoms with E-state index < -0.39 is 10.1 Å². The zero-order chi connectivity index (χ0) is 11.6. The van der Waals surface area contributed by atoms with Crippen LogP contribution in [-0.2, 0) is 23.0 Å². The predicted octanol–water partition coefficient (Wildman–Crippen LogP) is 2.37. The Kier molecular flexibility index (Phi) is 3.52. The van der Waals surface area contributed by atoms with Crippen molar-refractivity contribution in [1.29, 1.82) is 0 Å². The fourth-order valence-electron chi connectivity index (χ4n) is 1.73. The summed E-state index contributed by atoms with van der Waals surface area (Å²) < 4.78 is 31.2. The molecule has 0 aromatic heterocycles. The largest absolute Gasteiger partial charge is 0.294 e. The van der Waals surface area contributed by atoms with Gasteiger partial charge in [-0.2, -0.15) is 8.42 Å². The molecule has 0 amide bonds. The van der Waals surface area contributed by atoms with Crippen LogP contribution in [0.5, 0.6) is 0 Å². The van der Waals surface area contributed by atoms with Gasteiger partial charge < -0.3 is 0 Å². The Morgan fingerprint density at radius 1 is 1.13 bits per heavy atom. The first-order valence-electron chi connectivity index (χ1n) is 5.00. The van der Waals surface area contributed by atoms with Gasteiger partial charge in [0.15, 0.2) is 0 Å². The van der Waals surface area contributed by atoms with Gasteiger partial charge in [-0.25, -0.2) is 0 Å². The van der Waals surface area contributed by atoms with E-state index in [0.29, 0.717) is 5.56 Å². The van der Waals surface area contributed by atoms with E-state index in [9.17, 15) is 8.42 Å². The number of hydrogen-bond acceptors (Lipinski definition) is 2. The molecule has 84 valence electrons. The molecule has 3 nitrogen and oxygen atoms in total. The molecule has 0 heterocycles. The van der Waals surface area contributed by atoms with Gasteiger partial charge in [0.05, 0.1) is 4.90 Å². The molecule has 0 radical (unpaired) electrons. The first kappa shape index (κ1) is 12.2. The van der Waals surface area contributed by atoms with E-state index in [1.54, 1.807) is 13.0 Å². The lowest BCUT2D eigenvalue weighted by Crippen LogP contribution is -2.04. The molecule has 1 rings (SSSR count). The molecule has 0 unspecified atom stereocenters. The van der Waals surface area contributed by atoms with Gasteiger partial charge in [-0.05, 0) is 42.5 Å². The number of benzene rings is 1. The van der Waals surface area contributed by atoms with E-state index in [2.05, 4.69) is 0 Å². The van der Waals surface area contributed by atoms with E-state index in [0.717, 1.165) is 24.0 Å². The fraction of sp³-hybridized carbons (Fsp3) is 0.455. The topological polar surface area (TPSA) is 54.4 Å². The Balaban J connectivity index is 3.46. The van der Waals surface area contributed by atoms with Crippen LogP contribution >= 0.6 is 0 Å². The summed E-state index contributed by atoms with van der Waals surface area (Å²) in [5.41, 5.74) is 2.73. The molecule has 15 heavy (non-hydrogen) atoms. The van der Waals surface area contributed by atoms with Gasteiger partial charge in [0.2, 0.25) is 0 Å². The average Bonchev–Trinajstić information content (AvgIpc) is 2.15. The highest BCUT2D eigenvalue weighted by Crippen LogP contribution is 2.21. The predicted molar refractivity (Wildman–Crippen MR) is 59.7 cm³/mol. The monoisotopic (exact) mass is 228 g/mol. The smallest absolute Gasteiger partial charge is 0.282 e. The van der Waals surface area contributed by atoms with Crippen molar-refractivity contribution in [3.8, 4) is 0 Å². The van der Waals surface area contributed by atoms with Gasteiger partial charge in [-0.15, -0.1) is 0 Å². The summed E-state index contributed by atoms with van der Waals surface area (Å²) in [5, 5.41) is 0. The first-order chi connectivity index (χ1) is 6.90. The van der Waals surface area contributed by atoms with Crippen molar-refractivity contribution in [2.75, 3.05) is 0 Å². The zero-order valence-electron chi connectivity index (χ0n) is 9.24. The molecule has 0 aliphatic heterocycles. The third kappa shape index (κ3) is 2.58. The molecule has 0 aliphatic carbocycles. The van der Waals surface area contributed by atoms with E-state index in [-0.39, 0.29) is 4.90 Å². The molecule has 0 aliphatic rings. The number of hydrogen-bond donors (Lipinski definition) is 1. The minimum absolute atomic E-state index is 0.0246. The normalized spacial score (nSPS) is 11.7. The molecule has 0 saturated carbocycles. The highest BCUT2D eigenvalue weighted by Gasteiger charge is 2.15.